The van der Waals surface area contributed by atoms with E-state index in [-0.39, 0.29) is 0 Å². The summed E-state index contributed by atoms with van der Waals surface area (Å²) in [4.78, 5) is 6.90. The molecule has 1 atom stereocenters. The Morgan fingerprint density at radius 1 is 1.23 bits per heavy atom. The fraction of sp³-hybridized carbons (Fsp3) is 0.500. The number of rotatable bonds is 7. The number of hydrogen-bond donors (Lipinski definition) is 1. The molecule has 1 aromatic carbocycles. The number of aromatic nitrogens is 2. The Morgan fingerprint density at radius 2 is 1.91 bits per heavy atom. The van der Waals surface area contributed by atoms with E-state index in [9.17, 15) is 5.11 Å². The topological polar surface area (TPSA) is 41.3 Å². The van der Waals surface area contributed by atoms with Crippen LogP contribution in [-0.2, 0) is 13.1 Å². The molecule has 120 valence electrons. The Morgan fingerprint density at radius 3 is 2.45 bits per heavy atom. The molecule has 1 heterocycles. The molecule has 1 N–H and O–H groups in total. The molecular weight excluding hydrogens is 274 g/mol. The number of aliphatic hydroxyl groups is 1. The molecule has 0 saturated carbocycles. The molecule has 0 aliphatic rings. The van der Waals surface area contributed by atoms with Gasteiger partial charge in [-0.15, -0.1) is 0 Å². The third kappa shape index (κ3) is 3.76. The lowest BCUT2D eigenvalue weighted by atomic mass is 10.2. The molecule has 0 aliphatic carbocycles. The minimum Gasteiger partial charge on any atom is -0.387 e. The van der Waals surface area contributed by atoms with Gasteiger partial charge in [0.15, 0.2) is 0 Å². The lowest BCUT2D eigenvalue weighted by Gasteiger charge is -2.16. The van der Waals surface area contributed by atoms with Crippen molar-refractivity contribution in [1.29, 1.82) is 0 Å². The highest BCUT2D eigenvalue weighted by Gasteiger charge is 2.21. The summed E-state index contributed by atoms with van der Waals surface area (Å²) in [7, 11) is 4.09. The maximum Gasteiger partial charge on any atom is 0.140 e. The molecule has 0 fully saturated rings. The molecule has 0 radical (unpaired) electrons. The standard InChI is InChI=1S/C18H27N3O/c1-5-6-12-21-16(13-20(3)4)17(14(2)22)19-18(21)15-10-8-7-9-11-15/h7-11,14,22H,5-6,12-13H2,1-4H3. The van der Waals surface area contributed by atoms with Crippen molar-refractivity contribution in [2.24, 2.45) is 0 Å². The lowest BCUT2D eigenvalue weighted by molar-refractivity contribution is 0.192. The number of unbranched alkanes of at least 4 members (excludes halogenated alkanes) is 1. The number of imidazole rings is 1. The van der Waals surface area contributed by atoms with E-state index < -0.39 is 6.10 Å². The van der Waals surface area contributed by atoms with Crippen LogP contribution < -0.4 is 0 Å². The van der Waals surface area contributed by atoms with Crippen molar-refractivity contribution < 1.29 is 5.11 Å². The number of aliphatic hydroxyl groups excluding tert-OH is 1. The maximum absolute atomic E-state index is 10.1. The normalized spacial score (nSPS) is 12.8. The Balaban J connectivity index is 2.56. The van der Waals surface area contributed by atoms with E-state index in [1.165, 1.54) is 0 Å². The van der Waals surface area contributed by atoms with Gasteiger partial charge in [-0.2, -0.15) is 0 Å². The molecule has 4 heteroatoms. The largest absolute Gasteiger partial charge is 0.387 e. The van der Waals surface area contributed by atoms with Gasteiger partial charge in [0, 0.05) is 18.7 Å². The lowest BCUT2D eigenvalue weighted by Crippen LogP contribution is -2.17. The zero-order valence-corrected chi connectivity index (χ0v) is 14.1. The first-order valence-electron chi connectivity index (χ1n) is 8.02. The van der Waals surface area contributed by atoms with Gasteiger partial charge >= 0.3 is 0 Å². The minimum absolute atomic E-state index is 0.555. The zero-order chi connectivity index (χ0) is 16.1. The monoisotopic (exact) mass is 301 g/mol. The van der Waals surface area contributed by atoms with Crippen molar-refractivity contribution in [1.82, 2.24) is 14.5 Å². The first-order valence-corrected chi connectivity index (χ1v) is 8.02. The number of hydrogen-bond acceptors (Lipinski definition) is 3. The average Bonchev–Trinajstić information content (AvgIpc) is 2.84. The SMILES string of the molecule is CCCCn1c(-c2ccccc2)nc(C(C)O)c1CN(C)C. The van der Waals surface area contributed by atoms with Gasteiger partial charge in [0.05, 0.1) is 17.5 Å². The molecular formula is C18H27N3O. The highest BCUT2D eigenvalue weighted by atomic mass is 16.3. The minimum atomic E-state index is -0.555. The van der Waals surface area contributed by atoms with E-state index in [2.05, 4.69) is 28.5 Å². The van der Waals surface area contributed by atoms with Gasteiger partial charge in [0.1, 0.15) is 5.82 Å². The summed E-state index contributed by atoms with van der Waals surface area (Å²) in [5.41, 5.74) is 3.02. The van der Waals surface area contributed by atoms with Crippen LogP contribution in [0.5, 0.6) is 0 Å². The molecule has 0 amide bonds. The number of benzene rings is 1. The van der Waals surface area contributed by atoms with E-state index in [4.69, 9.17) is 4.98 Å². The molecule has 0 saturated heterocycles. The first-order chi connectivity index (χ1) is 10.5. The molecule has 1 aromatic heterocycles. The highest BCUT2D eigenvalue weighted by Crippen LogP contribution is 2.27. The van der Waals surface area contributed by atoms with Crippen molar-refractivity contribution in [3.05, 3.63) is 41.7 Å². The first kappa shape index (κ1) is 16.7. The van der Waals surface area contributed by atoms with Gasteiger partial charge in [-0.25, -0.2) is 4.98 Å². The summed E-state index contributed by atoms with van der Waals surface area (Å²) in [6, 6.07) is 10.2. The smallest absolute Gasteiger partial charge is 0.140 e. The van der Waals surface area contributed by atoms with Crippen LogP contribution in [0.2, 0.25) is 0 Å². The average molecular weight is 301 g/mol. The number of nitrogens with zero attached hydrogens (tertiary/aromatic N) is 3. The fourth-order valence-corrected chi connectivity index (χ4v) is 2.67. The van der Waals surface area contributed by atoms with E-state index in [1.807, 2.05) is 32.3 Å². The Labute approximate surface area is 133 Å². The van der Waals surface area contributed by atoms with Crippen molar-refractivity contribution in [3.63, 3.8) is 0 Å². The molecule has 0 spiro atoms. The van der Waals surface area contributed by atoms with Crippen LogP contribution in [-0.4, -0.2) is 33.7 Å². The van der Waals surface area contributed by atoms with E-state index >= 15 is 0 Å². The predicted octanol–water partition coefficient (Wildman–Crippen LogP) is 3.47. The van der Waals surface area contributed by atoms with Gasteiger partial charge in [0.2, 0.25) is 0 Å². The molecule has 0 aliphatic heterocycles. The van der Waals surface area contributed by atoms with E-state index in [0.717, 1.165) is 48.7 Å². The fourth-order valence-electron chi connectivity index (χ4n) is 2.67. The molecule has 2 aromatic rings. The summed E-state index contributed by atoms with van der Waals surface area (Å²) < 4.78 is 2.28. The van der Waals surface area contributed by atoms with Gasteiger partial charge in [-0.3, -0.25) is 0 Å². The van der Waals surface area contributed by atoms with Crippen LogP contribution in [0.1, 0.15) is 44.2 Å². The second kappa shape index (κ2) is 7.56. The Hall–Kier alpha value is -1.65. The summed E-state index contributed by atoms with van der Waals surface area (Å²) in [5, 5.41) is 10.1. The van der Waals surface area contributed by atoms with Crippen molar-refractivity contribution in [2.45, 2.75) is 45.9 Å². The molecule has 0 bridgehead atoms. The summed E-state index contributed by atoms with van der Waals surface area (Å²) in [6.45, 7) is 5.70. The predicted molar refractivity (Wildman–Crippen MR) is 90.6 cm³/mol. The highest BCUT2D eigenvalue weighted by molar-refractivity contribution is 5.57. The third-order valence-corrected chi connectivity index (χ3v) is 3.73. The van der Waals surface area contributed by atoms with E-state index in [1.54, 1.807) is 6.92 Å². The van der Waals surface area contributed by atoms with Crippen molar-refractivity contribution in [2.75, 3.05) is 14.1 Å². The summed E-state index contributed by atoms with van der Waals surface area (Å²) in [5.74, 6) is 0.960. The molecule has 1 unspecified atom stereocenters. The van der Waals surface area contributed by atoms with Crippen molar-refractivity contribution in [3.8, 4) is 11.4 Å². The molecule has 2 rings (SSSR count). The van der Waals surface area contributed by atoms with Crippen molar-refractivity contribution >= 4 is 0 Å². The van der Waals surface area contributed by atoms with Crippen LogP contribution in [0, 0.1) is 0 Å². The second-order valence-corrected chi connectivity index (χ2v) is 6.05. The van der Waals surface area contributed by atoms with Gasteiger partial charge < -0.3 is 14.6 Å². The zero-order valence-electron chi connectivity index (χ0n) is 14.1. The van der Waals surface area contributed by atoms with Gasteiger partial charge in [-0.05, 0) is 27.4 Å². The molecule has 4 nitrogen and oxygen atoms in total. The third-order valence-electron chi connectivity index (χ3n) is 3.73. The van der Waals surface area contributed by atoms with Crippen LogP contribution >= 0.6 is 0 Å². The summed E-state index contributed by atoms with van der Waals surface area (Å²) in [6.07, 6.45) is 1.69. The van der Waals surface area contributed by atoms with Crippen LogP contribution in [0.25, 0.3) is 11.4 Å². The maximum atomic E-state index is 10.1. The Kier molecular flexibility index (Phi) is 5.75. The van der Waals surface area contributed by atoms with Crippen LogP contribution in [0.15, 0.2) is 30.3 Å². The van der Waals surface area contributed by atoms with Crippen LogP contribution in [0.3, 0.4) is 0 Å². The van der Waals surface area contributed by atoms with E-state index in [0.29, 0.717) is 0 Å². The van der Waals surface area contributed by atoms with Crippen LogP contribution in [0.4, 0.5) is 0 Å². The second-order valence-electron chi connectivity index (χ2n) is 6.05. The van der Waals surface area contributed by atoms with Gasteiger partial charge in [-0.1, -0.05) is 43.7 Å². The molecule has 22 heavy (non-hydrogen) atoms. The summed E-state index contributed by atoms with van der Waals surface area (Å²) >= 11 is 0. The Bertz CT molecular complexity index is 588. The quantitative estimate of drug-likeness (QED) is 0.851. The van der Waals surface area contributed by atoms with Gasteiger partial charge in [0.25, 0.3) is 0 Å².